The van der Waals surface area contributed by atoms with Gasteiger partial charge in [0.15, 0.2) is 0 Å². The molecular formula is C30H33N7O3S. The summed E-state index contributed by atoms with van der Waals surface area (Å²) in [5.41, 5.74) is 3.77. The molecule has 2 atom stereocenters. The van der Waals surface area contributed by atoms with Gasteiger partial charge in [-0.1, -0.05) is 13.8 Å². The number of carbonyl (C=O) groups excluding carboxylic acids is 1. The summed E-state index contributed by atoms with van der Waals surface area (Å²) in [4.78, 5) is 22.3. The molecule has 1 fully saturated rings. The molecule has 10 nitrogen and oxygen atoms in total. The van der Waals surface area contributed by atoms with Crippen molar-refractivity contribution in [2.45, 2.75) is 62.9 Å². The molecule has 0 aliphatic heterocycles. The van der Waals surface area contributed by atoms with Gasteiger partial charge in [-0.05, 0) is 79.6 Å². The number of benzene rings is 1. The summed E-state index contributed by atoms with van der Waals surface area (Å²) in [5, 5.41) is 16.4. The summed E-state index contributed by atoms with van der Waals surface area (Å²) in [6.07, 6.45) is 7.51. The van der Waals surface area contributed by atoms with E-state index in [-0.39, 0.29) is 22.8 Å². The second-order valence-corrected chi connectivity index (χ2v) is 13.0. The van der Waals surface area contributed by atoms with E-state index in [1.165, 1.54) is 6.20 Å². The molecule has 2 aliphatic rings. The maximum atomic E-state index is 13.7. The molecule has 0 spiro atoms. The predicted octanol–water partition coefficient (Wildman–Crippen LogP) is 4.57. The van der Waals surface area contributed by atoms with Crippen LogP contribution in [-0.4, -0.2) is 41.0 Å². The minimum atomic E-state index is -3.85. The molecule has 3 aromatic heterocycles. The third-order valence-electron chi connectivity index (χ3n) is 7.59. The minimum absolute atomic E-state index is 0.143. The van der Waals surface area contributed by atoms with E-state index >= 15 is 0 Å². The zero-order valence-corrected chi connectivity index (χ0v) is 24.1. The fourth-order valence-electron chi connectivity index (χ4n) is 5.34. The van der Waals surface area contributed by atoms with Gasteiger partial charge in [0.25, 0.3) is 5.91 Å². The van der Waals surface area contributed by atoms with Crippen LogP contribution >= 0.6 is 0 Å². The van der Waals surface area contributed by atoms with E-state index in [1.54, 1.807) is 30.6 Å². The van der Waals surface area contributed by atoms with Crippen LogP contribution in [0.1, 0.15) is 84.0 Å². The van der Waals surface area contributed by atoms with Crippen molar-refractivity contribution in [2.24, 2.45) is 5.92 Å². The highest BCUT2D eigenvalue weighted by molar-refractivity contribution is 7.89. The van der Waals surface area contributed by atoms with Crippen molar-refractivity contribution in [3.8, 4) is 0 Å². The van der Waals surface area contributed by atoms with E-state index < -0.39 is 16.1 Å². The van der Waals surface area contributed by atoms with Crippen LogP contribution in [0.3, 0.4) is 0 Å². The highest BCUT2D eigenvalue weighted by Crippen LogP contribution is 2.47. The number of nitrogens with zero attached hydrogens (tertiary/aromatic N) is 4. The molecule has 3 heterocycles. The smallest absolute Gasteiger partial charge is 0.253 e. The maximum Gasteiger partial charge on any atom is 0.253 e. The first-order chi connectivity index (χ1) is 19.7. The van der Waals surface area contributed by atoms with Gasteiger partial charge in [-0.15, -0.1) is 5.10 Å². The second-order valence-electron chi connectivity index (χ2n) is 11.3. The summed E-state index contributed by atoms with van der Waals surface area (Å²) in [7, 11) is -3.85. The Balaban J connectivity index is 1.49. The minimum Gasteiger partial charge on any atom is -0.362 e. The molecule has 1 aromatic carbocycles. The van der Waals surface area contributed by atoms with Crippen LogP contribution in [0.4, 0.5) is 5.82 Å². The van der Waals surface area contributed by atoms with Gasteiger partial charge in [-0.3, -0.25) is 14.8 Å². The molecule has 6 rings (SSSR count). The van der Waals surface area contributed by atoms with Crippen LogP contribution in [0.25, 0.3) is 10.8 Å². The first-order valence-electron chi connectivity index (χ1n) is 13.9. The van der Waals surface area contributed by atoms with Crippen molar-refractivity contribution in [3.05, 3.63) is 83.1 Å². The monoisotopic (exact) mass is 571 g/mol. The van der Waals surface area contributed by atoms with Crippen LogP contribution in [0.15, 0.2) is 59.9 Å². The van der Waals surface area contributed by atoms with Crippen LogP contribution in [0, 0.1) is 12.8 Å². The molecule has 0 unspecified atom stereocenters. The Labute approximate surface area is 239 Å². The highest BCUT2D eigenvalue weighted by atomic mass is 32.2. The number of rotatable bonds is 9. The van der Waals surface area contributed by atoms with E-state index in [0.717, 1.165) is 40.7 Å². The number of nitrogens with one attached hydrogen (secondary N) is 3. The summed E-state index contributed by atoms with van der Waals surface area (Å²) >= 11 is 0. The quantitative estimate of drug-likeness (QED) is 0.266. The zero-order valence-electron chi connectivity index (χ0n) is 23.3. The van der Waals surface area contributed by atoms with E-state index in [0.29, 0.717) is 35.7 Å². The highest BCUT2D eigenvalue weighted by Gasteiger charge is 2.37. The van der Waals surface area contributed by atoms with Crippen molar-refractivity contribution in [2.75, 3.05) is 11.9 Å². The SMILES string of the molecule is Cc1ccc(N[C@H]2C[C@H](NC(=O)c3cccnc3)c3cc(S(=O)(=O)NCC(C)C)c4cc(C5CC5)ncc4c32)nn1. The van der Waals surface area contributed by atoms with Crippen molar-refractivity contribution < 1.29 is 13.2 Å². The zero-order chi connectivity index (χ0) is 28.7. The van der Waals surface area contributed by atoms with Gasteiger partial charge in [0.05, 0.1) is 28.2 Å². The first kappa shape index (κ1) is 27.2. The topological polar surface area (TPSA) is 139 Å². The number of hydrogen-bond donors (Lipinski definition) is 3. The van der Waals surface area contributed by atoms with Gasteiger partial charge in [0, 0.05) is 47.5 Å². The Bertz CT molecular complexity index is 1710. The molecule has 3 N–H and O–H groups in total. The number of anilines is 1. The summed E-state index contributed by atoms with van der Waals surface area (Å²) in [6.45, 7) is 6.12. The number of carbonyl (C=O) groups is 1. The van der Waals surface area contributed by atoms with Gasteiger partial charge in [-0.25, -0.2) is 13.1 Å². The lowest BCUT2D eigenvalue weighted by Crippen LogP contribution is -2.29. The second kappa shape index (κ2) is 10.8. The van der Waals surface area contributed by atoms with Crippen molar-refractivity contribution in [1.82, 2.24) is 30.2 Å². The molecule has 0 radical (unpaired) electrons. The number of fused-ring (bicyclic) bond motifs is 3. The number of aromatic nitrogens is 4. The van der Waals surface area contributed by atoms with Crippen molar-refractivity contribution >= 4 is 32.5 Å². The van der Waals surface area contributed by atoms with E-state index in [2.05, 4.69) is 30.5 Å². The molecule has 1 amide bonds. The summed E-state index contributed by atoms with van der Waals surface area (Å²) < 4.78 is 30.3. The molecule has 1 saturated carbocycles. The molecule has 2 aliphatic carbocycles. The standard InChI is InChI=1S/C30H33N7O3S/c1-17(2)14-33-41(39,40)27-12-22-25(35-30(38)20-5-4-10-31-15-20)13-26(34-28-9-6-18(3)36-37-28)29(22)23-16-32-24(11-21(23)27)19-7-8-19/h4-6,9-12,15-17,19,25-26,33H,7-8,13-14H2,1-3H3,(H,34,37)(H,35,38)/t25-,26-/m0/s1. The van der Waals surface area contributed by atoms with Crippen LogP contribution < -0.4 is 15.4 Å². The lowest BCUT2D eigenvalue weighted by molar-refractivity contribution is 0.0935. The normalized spacial score (nSPS) is 18.4. The van der Waals surface area contributed by atoms with Gasteiger partial charge in [-0.2, -0.15) is 5.10 Å². The third kappa shape index (κ3) is 5.64. The predicted molar refractivity (Wildman–Crippen MR) is 156 cm³/mol. The van der Waals surface area contributed by atoms with Gasteiger partial charge >= 0.3 is 0 Å². The van der Waals surface area contributed by atoms with Gasteiger partial charge in [0.2, 0.25) is 10.0 Å². The largest absolute Gasteiger partial charge is 0.362 e. The van der Waals surface area contributed by atoms with Crippen LogP contribution in [0.5, 0.6) is 0 Å². The molecular weight excluding hydrogens is 538 g/mol. The first-order valence-corrected chi connectivity index (χ1v) is 15.4. The maximum absolute atomic E-state index is 13.7. The summed E-state index contributed by atoms with van der Waals surface area (Å²) in [6, 6.07) is 10.1. The Morgan fingerprint density at radius 3 is 2.56 bits per heavy atom. The van der Waals surface area contributed by atoms with E-state index in [1.807, 2.05) is 39.0 Å². The average Bonchev–Trinajstić information content (AvgIpc) is 3.76. The lowest BCUT2D eigenvalue weighted by Gasteiger charge is -2.19. The fourth-order valence-corrected chi connectivity index (χ4v) is 6.79. The number of amides is 1. The molecule has 11 heteroatoms. The third-order valence-corrected chi connectivity index (χ3v) is 9.05. The lowest BCUT2D eigenvalue weighted by atomic mass is 9.98. The van der Waals surface area contributed by atoms with Gasteiger partial charge < -0.3 is 10.6 Å². The van der Waals surface area contributed by atoms with Gasteiger partial charge in [0.1, 0.15) is 5.82 Å². The average molecular weight is 572 g/mol. The Hall–Kier alpha value is -3.96. The number of aryl methyl sites for hydroxylation is 1. The molecule has 4 aromatic rings. The fraction of sp³-hybridized carbons (Fsp3) is 0.367. The number of sulfonamides is 1. The Morgan fingerprint density at radius 2 is 1.88 bits per heavy atom. The number of pyridine rings is 2. The molecule has 41 heavy (non-hydrogen) atoms. The molecule has 212 valence electrons. The van der Waals surface area contributed by atoms with Crippen LogP contribution in [0.2, 0.25) is 0 Å². The Morgan fingerprint density at radius 1 is 1.05 bits per heavy atom. The van der Waals surface area contributed by atoms with E-state index in [4.69, 9.17) is 4.98 Å². The van der Waals surface area contributed by atoms with Crippen LogP contribution in [-0.2, 0) is 10.0 Å². The van der Waals surface area contributed by atoms with Crippen molar-refractivity contribution in [3.63, 3.8) is 0 Å². The molecule has 0 saturated heterocycles. The van der Waals surface area contributed by atoms with Crippen molar-refractivity contribution in [1.29, 1.82) is 0 Å². The van der Waals surface area contributed by atoms with E-state index in [9.17, 15) is 13.2 Å². The number of hydrogen-bond acceptors (Lipinski definition) is 8. The molecule has 0 bridgehead atoms. The summed E-state index contributed by atoms with van der Waals surface area (Å²) in [5.74, 6) is 0.811. The Kier molecular flexibility index (Phi) is 7.16.